The molecule has 3 aliphatic carbocycles. The topological polar surface area (TPSA) is 66.4 Å². The van der Waals surface area contributed by atoms with E-state index in [9.17, 15) is 9.59 Å². The fourth-order valence-electron chi connectivity index (χ4n) is 3.47. The number of carbonyl (C=O) groups excluding carboxylic acids is 1. The van der Waals surface area contributed by atoms with Crippen LogP contribution in [0.4, 0.5) is 0 Å². The first-order valence-electron chi connectivity index (χ1n) is 6.18. The molecule has 3 fully saturated rings. The van der Waals surface area contributed by atoms with Crippen molar-refractivity contribution >= 4 is 11.9 Å². The van der Waals surface area contributed by atoms with Gasteiger partial charge < -0.3 is 10.4 Å². The maximum Gasteiger partial charge on any atom is 0.307 e. The second kappa shape index (κ2) is 3.47. The quantitative estimate of drug-likeness (QED) is 0.750. The van der Waals surface area contributed by atoms with Gasteiger partial charge in [0.15, 0.2) is 0 Å². The van der Waals surface area contributed by atoms with Crippen LogP contribution in [0.1, 0.15) is 32.1 Å². The zero-order chi connectivity index (χ0) is 11.3. The first-order valence-corrected chi connectivity index (χ1v) is 6.18. The highest BCUT2D eigenvalue weighted by Crippen LogP contribution is 2.45. The summed E-state index contributed by atoms with van der Waals surface area (Å²) < 4.78 is 0. The predicted molar refractivity (Wildman–Crippen MR) is 56.6 cm³/mol. The Kier molecular flexibility index (Phi) is 2.19. The molecule has 3 aliphatic rings. The van der Waals surface area contributed by atoms with Crippen LogP contribution in [0.25, 0.3) is 0 Å². The number of hydrogen-bond acceptors (Lipinski definition) is 2. The lowest BCUT2D eigenvalue weighted by Crippen LogP contribution is -2.39. The molecule has 88 valence electrons. The predicted octanol–water partition coefficient (Wildman–Crippen LogP) is 1.01. The molecule has 2 bridgehead atoms. The Bertz CT molecular complexity index is 341. The lowest BCUT2D eigenvalue weighted by Gasteiger charge is -2.22. The largest absolute Gasteiger partial charge is 0.481 e. The third-order valence-electron chi connectivity index (χ3n) is 4.51. The maximum atomic E-state index is 11.8. The highest BCUT2D eigenvalue weighted by molar-refractivity contribution is 5.89. The molecule has 16 heavy (non-hydrogen) atoms. The van der Waals surface area contributed by atoms with Crippen LogP contribution in [0.5, 0.6) is 0 Å². The Labute approximate surface area is 94.4 Å². The number of carboxylic acid groups (broad SMARTS) is 1. The van der Waals surface area contributed by atoms with Crippen molar-refractivity contribution in [1.29, 1.82) is 0 Å². The van der Waals surface area contributed by atoms with Gasteiger partial charge in [-0.2, -0.15) is 0 Å². The third-order valence-corrected chi connectivity index (χ3v) is 4.51. The summed E-state index contributed by atoms with van der Waals surface area (Å²) in [5.74, 6) is -0.0472. The van der Waals surface area contributed by atoms with E-state index in [1.807, 2.05) is 0 Å². The molecule has 0 aromatic heterocycles. The van der Waals surface area contributed by atoms with Gasteiger partial charge in [-0.15, -0.1) is 0 Å². The number of nitrogens with one attached hydrogen (secondary N) is 1. The van der Waals surface area contributed by atoms with Gasteiger partial charge in [0.1, 0.15) is 0 Å². The summed E-state index contributed by atoms with van der Waals surface area (Å²) in [5.41, 5.74) is 0. The Morgan fingerprint density at radius 1 is 1.06 bits per heavy atom. The molecule has 5 unspecified atom stereocenters. The highest BCUT2D eigenvalue weighted by Gasteiger charge is 2.50. The molecule has 2 N–H and O–H groups in total. The summed E-state index contributed by atoms with van der Waals surface area (Å²) >= 11 is 0. The summed E-state index contributed by atoms with van der Waals surface area (Å²) in [6.45, 7) is 0. The number of fused-ring (bicyclic) bond motifs is 2. The Hall–Kier alpha value is -1.06. The van der Waals surface area contributed by atoms with E-state index < -0.39 is 11.9 Å². The van der Waals surface area contributed by atoms with Gasteiger partial charge in [-0.05, 0) is 37.5 Å². The molecule has 3 rings (SSSR count). The zero-order valence-corrected chi connectivity index (χ0v) is 9.19. The van der Waals surface area contributed by atoms with Crippen LogP contribution in [-0.4, -0.2) is 23.0 Å². The Morgan fingerprint density at radius 3 is 2.38 bits per heavy atom. The first-order chi connectivity index (χ1) is 7.65. The van der Waals surface area contributed by atoms with Crippen molar-refractivity contribution in [3.05, 3.63) is 0 Å². The molecule has 3 saturated carbocycles. The second-order valence-electron chi connectivity index (χ2n) is 5.58. The lowest BCUT2D eigenvalue weighted by atomic mass is 9.95. The minimum atomic E-state index is -0.826. The van der Waals surface area contributed by atoms with Crippen LogP contribution in [0.3, 0.4) is 0 Å². The SMILES string of the molecule is O=C(O)C1CC1C(=O)NC1CC2CCC1C2. The van der Waals surface area contributed by atoms with E-state index in [0.29, 0.717) is 18.4 Å². The fourth-order valence-corrected chi connectivity index (χ4v) is 3.47. The molecular formula is C12H17NO3. The van der Waals surface area contributed by atoms with Gasteiger partial charge in [0.05, 0.1) is 11.8 Å². The second-order valence-corrected chi connectivity index (χ2v) is 5.58. The van der Waals surface area contributed by atoms with E-state index >= 15 is 0 Å². The number of carboxylic acids is 1. The molecule has 0 heterocycles. The molecule has 4 heteroatoms. The van der Waals surface area contributed by atoms with Gasteiger partial charge in [-0.25, -0.2) is 0 Å². The van der Waals surface area contributed by atoms with Crippen molar-refractivity contribution in [2.24, 2.45) is 23.7 Å². The highest BCUT2D eigenvalue weighted by atomic mass is 16.4. The minimum Gasteiger partial charge on any atom is -0.481 e. The molecular weight excluding hydrogens is 206 g/mol. The van der Waals surface area contributed by atoms with E-state index in [0.717, 1.165) is 12.3 Å². The van der Waals surface area contributed by atoms with Gasteiger partial charge in [0, 0.05) is 6.04 Å². The van der Waals surface area contributed by atoms with Gasteiger partial charge >= 0.3 is 5.97 Å². The van der Waals surface area contributed by atoms with Crippen LogP contribution < -0.4 is 5.32 Å². The van der Waals surface area contributed by atoms with Crippen molar-refractivity contribution in [1.82, 2.24) is 5.32 Å². The maximum absolute atomic E-state index is 11.8. The zero-order valence-electron chi connectivity index (χ0n) is 9.19. The van der Waals surface area contributed by atoms with Gasteiger partial charge in [-0.3, -0.25) is 9.59 Å². The smallest absolute Gasteiger partial charge is 0.307 e. The van der Waals surface area contributed by atoms with Crippen LogP contribution in [0.2, 0.25) is 0 Å². The fraction of sp³-hybridized carbons (Fsp3) is 0.833. The standard InChI is InChI=1S/C12H17NO3/c14-11(8-5-9(8)12(15)16)13-10-4-6-1-2-7(10)3-6/h6-10H,1-5H2,(H,13,14)(H,15,16). The summed E-state index contributed by atoms with van der Waals surface area (Å²) in [6, 6.07) is 0.335. The number of carbonyl (C=O) groups is 2. The van der Waals surface area contributed by atoms with E-state index in [1.165, 1.54) is 19.3 Å². The van der Waals surface area contributed by atoms with Crippen LogP contribution in [0, 0.1) is 23.7 Å². The van der Waals surface area contributed by atoms with E-state index in [1.54, 1.807) is 0 Å². The Morgan fingerprint density at radius 2 is 1.88 bits per heavy atom. The molecule has 0 spiro atoms. The molecule has 0 radical (unpaired) electrons. The third kappa shape index (κ3) is 1.60. The number of hydrogen-bond donors (Lipinski definition) is 2. The Balaban J connectivity index is 1.53. The monoisotopic (exact) mass is 223 g/mol. The van der Waals surface area contributed by atoms with Crippen molar-refractivity contribution in [2.75, 3.05) is 0 Å². The van der Waals surface area contributed by atoms with Crippen molar-refractivity contribution < 1.29 is 14.7 Å². The van der Waals surface area contributed by atoms with Gasteiger partial charge in [-0.1, -0.05) is 6.42 Å². The van der Waals surface area contributed by atoms with Crippen molar-refractivity contribution in [3.8, 4) is 0 Å². The summed E-state index contributed by atoms with van der Waals surface area (Å²) in [6.07, 6.45) is 5.46. The molecule has 0 aromatic rings. The lowest BCUT2D eigenvalue weighted by molar-refractivity contribution is -0.140. The van der Waals surface area contributed by atoms with E-state index in [2.05, 4.69) is 5.32 Å². The normalized spacial score (nSPS) is 44.4. The molecule has 4 nitrogen and oxygen atoms in total. The minimum absolute atomic E-state index is 0.0232. The van der Waals surface area contributed by atoms with Crippen LogP contribution >= 0.6 is 0 Å². The molecule has 5 atom stereocenters. The van der Waals surface area contributed by atoms with Crippen molar-refractivity contribution in [3.63, 3.8) is 0 Å². The first kappa shape index (κ1) is 10.1. The van der Waals surface area contributed by atoms with E-state index in [-0.39, 0.29) is 11.8 Å². The average Bonchev–Trinajstić information content (AvgIpc) is 2.81. The van der Waals surface area contributed by atoms with Crippen molar-refractivity contribution in [2.45, 2.75) is 38.1 Å². The molecule has 0 aromatic carbocycles. The average molecular weight is 223 g/mol. The number of rotatable bonds is 3. The molecule has 0 saturated heterocycles. The summed E-state index contributed by atoms with van der Waals surface area (Å²) in [7, 11) is 0. The van der Waals surface area contributed by atoms with Gasteiger partial charge in [0.2, 0.25) is 5.91 Å². The van der Waals surface area contributed by atoms with Crippen LogP contribution in [-0.2, 0) is 9.59 Å². The summed E-state index contributed by atoms with van der Waals surface area (Å²) in [4.78, 5) is 22.4. The number of amides is 1. The van der Waals surface area contributed by atoms with Gasteiger partial charge in [0.25, 0.3) is 0 Å². The molecule has 0 aliphatic heterocycles. The van der Waals surface area contributed by atoms with Crippen LogP contribution in [0.15, 0.2) is 0 Å². The number of aliphatic carboxylic acids is 1. The molecule has 1 amide bonds. The van der Waals surface area contributed by atoms with E-state index in [4.69, 9.17) is 5.11 Å². The summed E-state index contributed by atoms with van der Waals surface area (Å²) in [5, 5.41) is 11.8.